The molecule has 3 aromatic rings. The summed E-state index contributed by atoms with van der Waals surface area (Å²) >= 11 is 0. The van der Waals surface area contributed by atoms with E-state index in [1.54, 1.807) is 9.75 Å². The van der Waals surface area contributed by atoms with Crippen molar-refractivity contribution in [2.45, 2.75) is 44.9 Å². The molecule has 208 valence electrons. The van der Waals surface area contributed by atoms with Gasteiger partial charge in [-0.05, 0) is 56.6 Å². The van der Waals surface area contributed by atoms with E-state index < -0.39 is 29.8 Å². The number of benzene rings is 2. The molecule has 0 radical (unpaired) electrons. The number of carbonyl (C=O) groups excluding carboxylic acids is 1. The van der Waals surface area contributed by atoms with Gasteiger partial charge in [-0.1, -0.05) is 31.2 Å². The largest absolute Gasteiger partial charge is 0.473 e. The summed E-state index contributed by atoms with van der Waals surface area (Å²) in [5.41, 5.74) is 1.92. The summed E-state index contributed by atoms with van der Waals surface area (Å²) in [5.74, 6) is -0.940. The number of halogens is 2. The Morgan fingerprint density at radius 1 is 1.13 bits per heavy atom. The maximum Gasteiger partial charge on any atom is 0.320 e. The second-order valence-corrected chi connectivity index (χ2v) is 10.0. The fourth-order valence-corrected chi connectivity index (χ4v) is 4.96. The van der Waals surface area contributed by atoms with E-state index >= 15 is 0 Å². The van der Waals surface area contributed by atoms with Crippen LogP contribution in [0.3, 0.4) is 0 Å². The normalized spacial score (nSPS) is 20.7. The Morgan fingerprint density at radius 2 is 1.87 bits per heavy atom. The molecule has 0 spiro atoms. The number of para-hydroxylation sites is 1. The van der Waals surface area contributed by atoms with Crippen LogP contribution >= 0.6 is 0 Å². The molecule has 0 saturated carbocycles. The first-order valence-electron chi connectivity index (χ1n) is 13.3. The molecule has 2 N–H and O–H groups in total. The number of piperidine rings is 1. The van der Waals surface area contributed by atoms with Crippen LogP contribution in [-0.4, -0.2) is 71.1 Å². The third-order valence-corrected chi connectivity index (χ3v) is 7.23. The second-order valence-electron chi connectivity index (χ2n) is 10.0. The van der Waals surface area contributed by atoms with Crippen LogP contribution in [0.2, 0.25) is 0 Å². The molecule has 1 aromatic heterocycles. The van der Waals surface area contributed by atoms with Crippen LogP contribution in [0.1, 0.15) is 37.0 Å². The lowest BCUT2D eigenvalue weighted by molar-refractivity contribution is -0.144. The standard InChI is InChI=1S/C28H34F2N6O3/c1-4-35-17-24(25(39-35)19-10-11-22(29)23(30)16-19)31-28(37)32-26-18(2)27(38-21-12-14-34(3)15-13-21)33-36(26)20-8-6-5-7-9-20/h5-11,16,21,24-25H,4,12-15,17H2,1-3H3,(H2,31,32,37)/t24-,25+/m1/s1. The van der Waals surface area contributed by atoms with Crippen LogP contribution in [0.25, 0.3) is 5.69 Å². The molecule has 0 bridgehead atoms. The maximum atomic E-state index is 14.0. The summed E-state index contributed by atoms with van der Waals surface area (Å²) in [6.07, 6.45) is 1.18. The van der Waals surface area contributed by atoms with Gasteiger partial charge in [-0.25, -0.2) is 18.3 Å². The van der Waals surface area contributed by atoms with Crippen LogP contribution < -0.4 is 15.4 Å². The number of urea groups is 1. The minimum absolute atomic E-state index is 0.0493. The summed E-state index contributed by atoms with van der Waals surface area (Å²) in [6.45, 7) is 6.64. The zero-order valence-electron chi connectivity index (χ0n) is 22.4. The Balaban J connectivity index is 1.37. The average molecular weight is 541 g/mol. The van der Waals surface area contributed by atoms with E-state index in [1.807, 2.05) is 44.2 Å². The Morgan fingerprint density at radius 3 is 2.56 bits per heavy atom. The zero-order valence-corrected chi connectivity index (χ0v) is 22.4. The molecule has 2 atom stereocenters. The first-order valence-corrected chi connectivity index (χ1v) is 13.3. The Bertz CT molecular complexity index is 1300. The zero-order chi connectivity index (χ0) is 27.5. The lowest BCUT2D eigenvalue weighted by atomic mass is 10.0. The van der Waals surface area contributed by atoms with Crippen molar-refractivity contribution < 1.29 is 23.1 Å². The molecule has 2 aliphatic rings. The van der Waals surface area contributed by atoms with Crippen molar-refractivity contribution in [1.82, 2.24) is 25.1 Å². The van der Waals surface area contributed by atoms with Crippen molar-refractivity contribution in [2.24, 2.45) is 0 Å². The predicted molar refractivity (Wildman–Crippen MR) is 143 cm³/mol. The van der Waals surface area contributed by atoms with E-state index in [0.29, 0.717) is 35.9 Å². The maximum absolute atomic E-state index is 14.0. The van der Waals surface area contributed by atoms with Crippen molar-refractivity contribution in [3.05, 3.63) is 71.3 Å². The molecule has 2 aliphatic heterocycles. The minimum Gasteiger partial charge on any atom is -0.473 e. The number of anilines is 1. The Hall–Kier alpha value is -3.54. The molecule has 9 nitrogen and oxygen atoms in total. The number of nitrogens with one attached hydrogen (secondary N) is 2. The molecule has 2 fully saturated rings. The highest BCUT2D eigenvalue weighted by atomic mass is 19.2. The number of hydrogen-bond acceptors (Lipinski definition) is 6. The van der Waals surface area contributed by atoms with Gasteiger partial charge in [0.05, 0.1) is 17.3 Å². The number of aromatic nitrogens is 2. The Kier molecular flexibility index (Phi) is 8.10. The average Bonchev–Trinajstić information content (AvgIpc) is 3.48. The fraction of sp³-hybridized carbons (Fsp3) is 0.429. The van der Waals surface area contributed by atoms with Gasteiger partial charge in [0, 0.05) is 26.2 Å². The molecule has 0 unspecified atom stereocenters. The summed E-state index contributed by atoms with van der Waals surface area (Å²) in [5, 5.41) is 12.3. The van der Waals surface area contributed by atoms with E-state index in [4.69, 9.17) is 14.7 Å². The molecule has 39 heavy (non-hydrogen) atoms. The third-order valence-electron chi connectivity index (χ3n) is 7.23. The molecule has 0 aliphatic carbocycles. The Labute approximate surface area is 226 Å². The number of likely N-dealkylation sites (N-methyl/N-ethyl adjacent to an activating group) is 1. The van der Waals surface area contributed by atoms with Gasteiger partial charge in [-0.3, -0.25) is 10.2 Å². The van der Waals surface area contributed by atoms with Gasteiger partial charge in [0.2, 0.25) is 5.88 Å². The number of carbonyl (C=O) groups is 1. The van der Waals surface area contributed by atoms with E-state index in [1.165, 1.54) is 6.07 Å². The summed E-state index contributed by atoms with van der Waals surface area (Å²) < 4.78 is 35.5. The molecule has 11 heteroatoms. The van der Waals surface area contributed by atoms with Crippen LogP contribution in [0.5, 0.6) is 5.88 Å². The molecular weight excluding hydrogens is 506 g/mol. The quantitative estimate of drug-likeness (QED) is 0.462. The highest BCUT2D eigenvalue weighted by Gasteiger charge is 2.36. The number of ether oxygens (including phenoxy) is 1. The van der Waals surface area contributed by atoms with Crippen LogP contribution in [0.15, 0.2) is 48.5 Å². The van der Waals surface area contributed by atoms with Gasteiger partial charge in [0.15, 0.2) is 11.6 Å². The second kappa shape index (κ2) is 11.7. The number of amides is 2. The molecular formula is C28H34F2N6O3. The van der Waals surface area contributed by atoms with Crippen LogP contribution in [0, 0.1) is 18.6 Å². The first kappa shape index (κ1) is 27.0. The van der Waals surface area contributed by atoms with Gasteiger partial charge in [-0.2, -0.15) is 5.06 Å². The van der Waals surface area contributed by atoms with Crippen molar-refractivity contribution >= 4 is 11.8 Å². The van der Waals surface area contributed by atoms with Crippen LogP contribution in [-0.2, 0) is 4.84 Å². The molecule has 2 saturated heterocycles. The van der Waals surface area contributed by atoms with Crippen LogP contribution in [0.4, 0.5) is 19.4 Å². The lowest BCUT2D eigenvalue weighted by Crippen LogP contribution is -2.42. The topological polar surface area (TPSA) is 83.9 Å². The minimum atomic E-state index is -0.964. The van der Waals surface area contributed by atoms with Crippen molar-refractivity contribution in [3.8, 4) is 11.6 Å². The highest BCUT2D eigenvalue weighted by Crippen LogP contribution is 2.32. The van der Waals surface area contributed by atoms with E-state index in [-0.39, 0.29) is 6.10 Å². The predicted octanol–water partition coefficient (Wildman–Crippen LogP) is 4.43. The lowest BCUT2D eigenvalue weighted by Gasteiger charge is -2.28. The molecule has 5 rings (SSSR count). The molecule has 2 amide bonds. The number of nitrogens with zero attached hydrogens (tertiary/aromatic N) is 4. The van der Waals surface area contributed by atoms with Crippen molar-refractivity contribution in [2.75, 3.05) is 38.5 Å². The van der Waals surface area contributed by atoms with E-state index in [0.717, 1.165) is 43.8 Å². The smallest absolute Gasteiger partial charge is 0.320 e. The number of hydrogen-bond donors (Lipinski definition) is 2. The SMILES string of the molecule is CCN1C[C@@H](NC(=O)Nc2c(C)c(OC3CCN(C)CC3)nn2-c2ccccc2)[C@H](c2ccc(F)c(F)c2)O1. The van der Waals surface area contributed by atoms with Gasteiger partial charge in [-0.15, -0.1) is 5.10 Å². The number of likely N-dealkylation sites (tertiary alicyclic amines) is 1. The summed E-state index contributed by atoms with van der Waals surface area (Å²) in [6, 6.07) is 12.2. The first-order chi connectivity index (χ1) is 18.8. The molecule has 2 aromatic carbocycles. The number of rotatable bonds is 7. The van der Waals surface area contributed by atoms with Gasteiger partial charge < -0.3 is 15.0 Å². The summed E-state index contributed by atoms with van der Waals surface area (Å²) in [4.78, 5) is 21.5. The van der Waals surface area contributed by atoms with Gasteiger partial charge in [0.25, 0.3) is 0 Å². The third kappa shape index (κ3) is 6.05. The van der Waals surface area contributed by atoms with Gasteiger partial charge in [0.1, 0.15) is 18.0 Å². The number of hydroxylamine groups is 2. The van der Waals surface area contributed by atoms with Crippen molar-refractivity contribution in [3.63, 3.8) is 0 Å². The fourth-order valence-electron chi connectivity index (χ4n) is 4.96. The van der Waals surface area contributed by atoms with E-state index in [9.17, 15) is 13.6 Å². The monoisotopic (exact) mass is 540 g/mol. The van der Waals surface area contributed by atoms with E-state index in [2.05, 4.69) is 22.6 Å². The van der Waals surface area contributed by atoms with Crippen molar-refractivity contribution in [1.29, 1.82) is 0 Å². The molecule has 3 heterocycles. The summed E-state index contributed by atoms with van der Waals surface area (Å²) in [7, 11) is 2.10. The van der Waals surface area contributed by atoms with Gasteiger partial charge >= 0.3 is 6.03 Å². The highest BCUT2D eigenvalue weighted by molar-refractivity contribution is 5.90.